The third-order valence-electron chi connectivity index (χ3n) is 3.61. The van der Waals surface area contributed by atoms with E-state index in [4.69, 9.17) is 9.47 Å². The molecule has 0 amide bonds. The van der Waals surface area contributed by atoms with Crippen LogP contribution in [0.5, 0.6) is 0 Å². The average Bonchev–Trinajstić information content (AvgIpc) is 2.97. The lowest BCUT2D eigenvalue weighted by Crippen LogP contribution is -2.52. The van der Waals surface area contributed by atoms with Crippen molar-refractivity contribution in [2.45, 2.75) is 38.0 Å². The van der Waals surface area contributed by atoms with Crippen LogP contribution in [0.3, 0.4) is 0 Å². The zero-order valence-corrected chi connectivity index (χ0v) is 12.3. The van der Waals surface area contributed by atoms with Gasteiger partial charge >= 0.3 is 0 Å². The van der Waals surface area contributed by atoms with Gasteiger partial charge in [-0.1, -0.05) is 30.3 Å². The second-order valence-electron chi connectivity index (χ2n) is 5.70. The minimum atomic E-state index is -0.558. The Balaban J connectivity index is 2.13. The van der Waals surface area contributed by atoms with E-state index in [9.17, 15) is 5.11 Å². The van der Waals surface area contributed by atoms with Gasteiger partial charge in [-0.25, -0.2) is 0 Å². The molecule has 0 aromatic heterocycles. The Kier molecular flexibility index (Phi) is 5.54. The summed E-state index contributed by atoms with van der Waals surface area (Å²) in [5.74, 6) is 0. The van der Waals surface area contributed by atoms with Gasteiger partial charge in [-0.15, -0.1) is 0 Å². The van der Waals surface area contributed by atoms with Crippen LogP contribution in [0.4, 0.5) is 0 Å². The average molecular weight is 279 g/mol. The van der Waals surface area contributed by atoms with Gasteiger partial charge in [0.25, 0.3) is 0 Å². The smallest absolute Gasteiger partial charge is 0.0908 e. The Morgan fingerprint density at radius 1 is 1.40 bits per heavy atom. The molecule has 1 fully saturated rings. The standard InChI is InChI=1S/C16H25NO3/c1-13(2)17-16(11-18,14-6-4-3-5-7-14)12-20-15-8-9-19-10-15/h3-7,13,15,17-18H,8-12H2,1-2H3. The first-order valence-electron chi connectivity index (χ1n) is 7.30. The molecule has 1 heterocycles. The Hall–Kier alpha value is -0.940. The minimum absolute atomic E-state index is 0.00275. The fourth-order valence-corrected chi connectivity index (χ4v) is 2.61. The largest absolute Gasteiger partial charge is 0.394 e. The molecule has 2 rings (SSSR count). The number of ether oxygens (including phenoxy) is 2. The normalized spacial score (nSPS) is 22.1. The number of aliphatic hydroxyl groups excluding tert-OH is 1. The molecule has 0 radical (unpaired) electrons. The predicted molar refractivity (Wildman–Crippen MR) is 78.7 cm³/mol. The monoisotopic (exact) mass is 279 g/mol. The summed E-state index contributed by atoms with van der Waals surface area (Å²) in [7, 11) is 0. The third kappa shape index (κ3) is 3.79. The van der Waals surface area contributed by atoms with Crippen molar-refractivity contribution >= 4 is 0 Å². The molecular formula is C16H25NO3. The Morgan fingerprint density at radius 3 is 2.70 bits per heavy atom. The Labute approximate surface area is 121 Å². The molecule has 4 nitrogen and oxygen atoms in total. The van der Waals surface area contributed by atoms with Crippen LogP contribution < -0.4 is 5.32 Å². The van der Waals surface area contributed by atoms with E-state index in [1.807, 2.05) is 30.3 Å². The van der Waals surface area contributed by atoms with E-state index in [0.717, 1.165) is 18.6 Å². The molecular weight excluding hydrogens is 254 g/mol. The molecule has 20 heavy (non-hydrogen) atoms. The summed E-state index contributed by atoms with van der Waals surface area (Å²) in [5, 5.41) is 13.4. The molecule has 2 unspecified atom stereocenters. The third-order valence-corrected chi connectivity index (χ3v) is 3.61. The summed E-state index contributed by atoms with van der Waals surface area (Å²) in [6, 6.07) is 10.3. The molecule has 0 bridgehead atoms. The van der Waals surface area contributed by atoms with Gasteiger partial charge in [0.2, 0.25) is 0 Å². The van der Waals surface area contributed by atoms with E-state index in [0.29, 0.717) is 13.2 Å². The second-order valence-corrected chi connectivity index (χ2v) is 5.70. The lowest BCUT2D eigenvalue weighted by atomic mass is 9.90. The van der Waals surface area contributed by atoms with Crippen LogP contribution in [0.15, 0.2) is 30.3 Å². The van der Waals surface area contributed by atoms with Crippen LogP contribution in [-0.4, -0.2) is 43.7 Å². The summed E-state index contributed by atoms with van der Waals surface area (Å²) in [6.45, 7) is 6.01. The highest BCUT2D eigenvalue weighted by Gasteiger charge is 2.34. The maximum Gasteiger partial charge on any atom is 0.0908 e. The molecule has 2 N–H and O–H groups in total. The topological polar surface area (TPSA) is 50.7 Å². The highest BCUT2D eigenvalue weighted by Crippen LogP contribution is 2.24. The van der Waals surface area contributed by atoms with Crippen LogP contribution in [0, 0.1) is 0 Å². The van der Waals surface area contributed by atoms with Crippen LogP contribution >= 0.6 is 0 Å². The molecule has 1 aliphatic heterocycles. The summed E-state index contributed by atoms with van der Waals surface area (Å²) < 4.78 is 11.3. The fraction of sp³-hybridized carbons (Fsp3) is 0.625. The number of hydrogen-bond acceptors (Lipinski definition) is 4. The molecule has 1 aromatic rings. The van der Waals surface area contributed by atoms with Crippen molar-refractivity contribution in [1.29, 1.82) is 0 Å². The van der Waals surface area contributed by atoms with Crippen LogP contribution in [0.2, 0.25) is 0 Å². The van der Waals surface area contributed by atoms with Gasteiger partial charge in [0.05, 0.1) is 31.5 Å². The van der Waals surface area contributed by atoms with Gasteiger partial charge in [-0.2, -0.15) is 0 Å². The molecule has 2 atom stereocenters. The number of rotatable bonds is 7. The first-order chi connectivity index (χ1) is 9.66. The fourth-order valence-electron chi connectivity index (χ4n) is 2.61. The van der Waals surface area contributed by atoms with Crippen molar-refractivity contribution in [2.24, 2.45) is 0 Å². The van der Waals surface area contributed by atoms with Crippen molar-refractivity contribution in [2.75, 3.05) is 26.4 Å². The molecule has 4 heteroatoms. The summed E-state index contributed by atoms with van der Waals surface area (Å²) >= 11 is 0. The van der Waals surface area contributed by atoms with Crippen LogP contribution in [0.1, 0.15) is 25.8 Å². The van der Waals surface area contributed by atoms with Crippen molar-refractivity contribution in [3.8, 4) is 0 Å². The predicted octanol–water partition coefficient (Wildman–Crippen LogP) is 1.68. The lowest BCUT2D eigenvalue weighted by Gasteiger charge is -2.36. The molecule has 1 saturated heterocycles. The number of aliphatic hydroxyl groups is 1. The van der Waals surface area contributed by atoms with Gasteiger partial charge < -0.3 is 19.9 Å². The van der Waals surface area contributed by atoms with Gasteiger partial charge in [-0.05, 0) is 25.8 Å². The first kappa shape index (κ1) is 15.4. The first-order valence-corrected chi connectivity index (χ1v) is 7.30. The van der Waals surface area contributed by atoms with Gasteiger partial charge in [0.1, 0.15) is 0 Å². The summed E-state index contributed by atoms with van der Waals surface area (Å²) in [5.41, 5.74) is 0.494. The van der Waals surface area contributed by atoms with Crippen molar-refractivity contribution < 1.29 is 14.6 Å². The van der Waals surface area contributed by atoms with Crippen molar-refractivity contribution in [3.63, 3.8) is 0 Å². The highest BCUT2D eigenvalue weighted by molar-refractivity contribution is 5.25. The summed E-state index contributed by atoms with van der Waals surface area (Å²) in [4.78, 5) is 0. The second kappa shape index (κ2) is 7.18. The Morgan fingerprint density at radius 2 is 2.15 bits per heavy atom. The lowest BCUT2D eigenvalue weighted by molar-refractivity contribution is -0.0176. The van der Waals surface area contributed by atoms with Gasteiger partial charge in [0.15, 0.2) is 0 Å². The molecule has 0 spiro atoms. The highest BCUT2D eigenvalue weighted by atomic mass is 16.5. The van der Waals surface area contributed by atoms with E-state index in [2.05, 4.69) is 19.2 Å². The maximum atomic E-state index is 9.98. The van der Waals surface area contributed by atoms with E-state index >= 15 is 0 Å². The molecule has 0 saturated carbocycles. The zero-order chi connectivity index (χ0) is 14.4. The zero-order valence-electron chi connectivity index (χ0n) is 12.3. The number of hydrogen-bond donors (Lipinski definition) is 2. The maximum absolute atomic E-state index is 9.98. The van der Waals surface area contributed by atoms with E-state index in [1.54, 1.807) is 0 Å². The molecule has 1 aliphatic rings. The quantitative estimate of drug-likeness (QED) is 0.797. The number of benzene rings is 1. The Bertz CT molecular complexity index is 390. The minimum Gasteiger partial charge on any atom is -0.394 e. The summed E-state index contributed by atoms with van der Waals surface area (Å²) in [6.07, 6.45) is 1.07. The van der Waals surface area contributed by atoms with Gasteiger partial charge in [-0.3, -0.25) is 0 Å². The molecule has 0 aliphatic carbocycles. The van der Waals surface area contributed by atoms with Crippen molar-refractivity contribution in [1.82, 2.24) is 5.32 Å². The van der Waals surface area contributed by atoms with E-state index in [1.165, 1.54) is 0 Å². The van der Waals surface area contributed by atoms with Crippen LogP contribution in [-0.2, 0) is 15.0 Å². The van der Waals surface area contributed by atoms with Gasteiger partial charge in [0, 0.05) is 12.6 Å². The van der Waals surface area contributed by atoms with Crippen molar-refractivity contribution in [3.05, 3.63) is 35.9 Å². The van der Waals surface area contributed by atoms with Crippen LogP contribution in [0.25, 0.3) is 0 Å². The van der Waals surface area contributed by atoms with E-state index in [-0.39, 0.29) is 18.8 Å². The van der Waals surface area contributed by atoms with E-state index < -0.39 is 5.54 Å². The molecule has 1 aromatic carbocycles. The number of nitrogens with one attached hydrogen (secondary N) is 1. The SMILES string of the molecule is CC(C)NC(CO)(COC1CCOC1)c1ccccc1. The molecule has 112 valence electrons.